The van der Waals surface area contributed by atoms with Gasteiger partial charge in [-0.3, -0.25) is 24.0 Å². The molecule has 196 valence electrons. The van der Waals surface area contributed by atoms with Gasteiger partial charge in [0.25, 0.3) is 0 Å². The van der Waals surface area contributed by atoms with Gasteiger partial charge in [0, 0.05) is 56.8 Å². The third kappa shape index (κ3) is 5.31. The molecule has 2 aromatic rings. The highest BCUT2D eigenvalue weighted by Gasteiger charge is 2.54. The van der Waals surface area contributed by atoms with Crippen molar-refractivity contribution in [3.63, 3.8) is 0 Å². The van der Waals surface area contributed by atoms with Gasteiger partial charge in [0.15, 0.2) is 0 Å². The molecule has 1 fully saturated rings. The van der Waals surface area contributed by atoms with Crippen molar-refractivity contribution in [1.29, 1.82) is 0 Å². The number of hydrogen-bond acceptors (Lipinski definition) is 6. The number of likely N-dealkylation sites (tertiary alicyclic amines) is 1. The lowest BCUT2D eigenvalue weighted by Crippen LogP contribution is -2.46. The van der Waals surface area contributed by atoms with Crippen LogP contribution in [0, 0.1) is 13.8 Å². The Hall–Kier alpha value is -3.20. The SMILES string of the molecule is COc1cccc([C@@]2(CC(=O)N(Cc3c(C)nn(C)c3C)C(C)C)CC(=O)N(CCN(C)C)C2=O)c1. The van der Waals surface area contributed by atoms with Crippen LogP contribution in [0.5, 0.6) is 5.75 Å². The van der Waals surface area contributed by atoms with Crippen LogP contribution >= 0.6 is 0 Å². The van der Waals surface area contributed by atoms with Crippen LogP contribution in [-0.4, -0.2) is 82.5 Å². The van der Waals surface area contributed by atoms with E-state index < -0.39 is 5.41 Å². The van der Waals surface area contributed by atoms with Gasteiger partial charge < -0.3 is 14.5 Å². The van der Waals surface area contributed by atoms with Crippen molar-refractivity contribution in [3.05, 3.63) is 46.8 Å². The zero-order valence-electron chi connectivity index (χ0n) is 22.8. The number of rotatable bonds is 10. The van der Waals surface area contributed by atoms with Crippen LogP contribution < -0.4 is 4.74 Å². The molecule has 1 aromatic carbocycles. The van der Waals surface area contributed by atoms with Crippen LogP contribution in [0.15, 0.2) is 24.3 Å². The summed E-state index contributed by atoms with van der Waals surface area (Å²) < 4.78 is 7.22. The predicted octanol–water partition coefficient (Wildman–Crippen LogP) is 2.43. The molecule has 1 saturated heterocycles. The number of carbonyl (C=O) groups is 3. The summed E-state index contributed by atoms with van der Waals surface area (Å²) in [5, 5.41) is 4.49. The molecule has 0 saturated carbocycles. The Morgan fingerprint density at radius 3 is 2.47 bits per heavy atom. The number of aryl methyl sites for hydroxylation is 2. The third-order valence-electron chi connectivity index (χ3n) is 7.19. The summed E-state index contributed by atoms with van der Waals surface area (Å²) in [5.41, 5.74) is 2.21. The zero-order valence-corrected chi connectivity index (χ0v) is 22.8. The molecule has 0 bridgehead atoms. The first-order chi connectivity index (χ1) is 16.9. The normalized spacial score (nSPS) is 18.0. The standard InChI is InChI=1S/C27H39N5O4/c1-18(2)32(17-23-19(3)28-30(7)20(23)4)25(34)16-27(21-10-9-11-22(14-21)36-8)15-24(33)31(26(27)35)13-12-29(5)6/h9-11,14,18H,12-13,15-17H2,1-8H3/t27-/m0/s1. The Balaban J connectivity index is 2.01. The maximum atomic E-state index is 13.9. The van der Waals surface area contributed by atoms with Crippen molar-refractivity contribution in [2.75, 3.05) is 34.3 Å². The summed E-state index contributed by atoms with van der Waals surface area (Å²) in [5.74, 6) is -0.180. The summed E-state index contributed by atoms with van der Waals surface area (Å²) in [6.07, 6.45) is -0.144. The second-order valence-corrected chi connectivity index (χ2v) is 10.2. The van der Waals surface area contributed by atoms with Gasteiger partial charge in [-0.1, -0.05) is 12.1 Å². The van der Waals surface area contributed by atoms with E-state index in [-0.39, 0.29) is 43.1 Å². The molecule has 9 nitrogen and oxygen atoms in total. The van der Waals surface area contributed by atoms with Crippen molar-refractivity contribution >= 4 is 17.7 Å². The lowest BCUT2D eigenvalue weighted by Gasteiger charge is -2.33. The Kier molecular flexibility index (Phi) is 8.23. The molecule has 0 unspecified atom stereocenters. The van der Waals surface area contributed by atoms with E-state index >= 15 is 0 Å². The van der Waals surface area contributed by atoms with Crippen LogP contribution in [0.3, 0.4) is 0 Å². The van der Waals surface area contributed by atoms with Gasteiger partial charge in [-0.2, -0.15) is 5.10 Å². The highest BCUT2D eigenvalue weighted by molar-refractivity contribution is 6.10. The van der Waals surface area contributed by atoms with Crippen LogP contribution in [0.25, 0.3) is 0 Å². The molecule has 0 radical (unpaired) electrons. The largest absolute Gasteiger partial charge is 0.497 e. The van der Waals surface area contributed by atoms with E-state index in [0.717, 1.165) is 17.0 Å². The Bertz CT molecular complexity index is 1140. The summed E-state index contributed by atoms with van der Waals surface area (Å²) in [7, 11) is 7.23. The highest BCUT2D eigenvalue weighted by Crippen LogP contribution is 2.41. The van der Waals surface area contributed by atoms with Gasteiger partial charge >= 0.3 is 0 Å². The molecular weight excluding hydrogens is 458 g/mol. The van der Waals surface area contributed by atoms with E-state index in [1.54, 1.807) is 30.2 Å². The Morgan fingerprint density at radius 2 is 1.92 bits per heavy atom. The number of ether oxygens (including phenoxy) is 1. The van der Waals surface area contributed by atoms with Crippen molar-refractivity contribution in [2.24, 2.45) is 7.05 Å². The quantitative estimate of drug-likeness (QED) is 0.469. The van der Waals surface area contributed by atoms with Crippen molar-refractivity contribution in [1.82, 2.24) is 24.5 Å². The lowest BCUT2D eigenvalue weighted by molar-refractivity contribution is -0.143. The third-order valence-corrected chi connectivity index (χ3v) is 7.19. The molecule has 1 aromatic heterocycles. The van der Waals surface area contributed by atoms with Gasteiger partial charge in [-0.05, 0) is 59.5 Å². The average molecular weight is 498 g/mol. The molecule has 3 amide bonds. The van der Waals surface area contributed by atoms with Crippen LogP contribution in [0.4, 0.5) is 0 Å². The van der Waals surface area contributed by atoms with Crippen molar-refractivity contribution < 1.29 is 19.1 Å². The number of imide groups is 1. The minimum Gasteiger partial charge on any atom is -0.497 e. The minimum atomic E-state index is -1.28. The van der Waals surface area contributed by atoms with Crippen molar-refractivity contribution in [3.8, 4) is 5.75 Å². The summed E-state index contributed by atoms with van der Waals surface area (Å²) >= 11 is 0. The molecule has 1 atom stereocenters. The summed E-state index contributed by atoms with van der Waals surface area (Å²) in [4.78, 5) is 46.0. The second-order valence-electron chi connectivity index (χ2n) is 10.2. The van der Waals surface area contributed by atoms with E-state index in [1.165, 1.54) is 4.90 Å². The topological polar surface area (TPSA) is 88.0 Å². The molecule has 0 N–H and O–H groups in total. The smallest absolute Gasteiger partial charge is 0.240 e. The van der Waals surface area contributed by atoms with Gasteiger partial charge in [0.05, 0.1) is 18.2 Å². The fraction of sp³-hybridized carbons (Fsp3) is 0.556. The molecule has 36 heavy (non-hydrogen) atoms. The lowest BCUT2D eigenvalue weighted by atomic mass is 9.75. The van der Waals surface area contributed by atoms with E-state index in [2.05, 4.69) is 5.10 Å². The predicted molar refractivity (Wildman–Crippen MR) is 138 cm³/mol. The molecule has 0 aliphatic carbocycles. The molecule has 2 heterocycles. The molecule has 0 spiro atoms. The first kappa shape index (κ1) is 27.4. The maximum Gasteiger partial charge on any atom is 0.240 e. The molecule has 1 aliphatic rings. The number of nitrogens with zero attached hydrogens (tertiary/aromatic N) is 5. The van der Waals surface area contributed by atoms with Gasteiger partial charge in [0.2, 0.25) is 17.7 Å². The second kappa shape index (κ2) is 10.8. The van der Waals surface area contributed by atoms with E-state index in [1.807, 2.05) is 64.5 Å². The number of likely N-dealkylation sites (N-methyl/N-ethyl adjacent to an activating group) is 1. The summed E-state index contributed by atoms with van der Waals surface area (Å²) in [6, 6.07) is 7.06. The van der Waals surface area contributed by atoms with E-state index in [4.69, 9.17) is 4.74 Å². The molecule has 1 aliphatic heterocycles. The number of benzene rings is 1. The number of carbonyl (C=O) groups excluding carboxylic acids is 3. The number of aromatic nitrogens is 2. The zero-order chi connectivity index (χ0) is 26.8. The first-order valence-corrected chi connectivity index (χ1v) is 12.3. The number of hydrogen-bond donors (Lipinski definition) is 0. The van der Waals surface area contributed by atoms with E-state index in [9.17, 15) is 14.4 Å². The maximum absolute atomic E-state index is 13.9. The fourth-order valence-electron chi connectivity index (χ4n) is 4.85. The molecule has 9 heteroatoms. The minimum absolute atomic E-state index is 0.0466. The Morgan fingerprint density at radius 1 is 1.22 bits per heavy atom. The van der Waals surface area contributed by atoms with Crippen molar-refractivity contribution in [2.45, 2.75) is 58.5 Å². The number of amides is 3. The summed E-state index contributed by atoms with van der Waals surface area (Å²) in [6.45, 7) is 9.07. The highest BCUT2D eigenvalue weighted by atomic mass is 16.5. The van der Waals surface area contributed by atoms with Gasteiger partial charge in [0.1, 0.15) is 5.75 Å². The van der Waals surface area contributed by atoms with Gasteiger partial charge in [-0.25, -0.2) is 0 Å². The monoisotopic (exact) mass is 497 g/mol. The van der Waals surface area contributed by atoms with Crippen LogP contribution in [-0.2, 0) is 33.4 Å². The Labute approximate surface area is 214 Å². The molecular formula is C27H39N5O4. The van der Waals surface area contributed by atoms with Crippen LogP contribution in [0.1, 0.15) is 49.2 Å². The fourth-order valence-corrected chi connectivity index (χ4v) is 4.85. The van der Waals surface area contributed by atoms with Crippen LogP contribution in [0.2, 0.25) is 0 Å². The molecule has 3 rings (SSSR count). The number of methoxy groups -OCH3 is 1. The first-order valence-electron chi connectivity index (χ1n) is 12.3. The van der Waals surface area contributed by atoms with E-state index in [0.29, 0.717) is 24.4 Å². The average Bonchev–Trinajstić information content (AvgIpc) is 3.20. The van der Waals surface area contributed by atoms with Gasteiger partial charge in [-0.15, -0.1) is 0 Å².